The summed E-state index contributed by atoms with van der Waals surface area (Å²) in [6.07, 6.45) is 0. The summed E-state index contributed by atoms with van der Waals surface area (Å²) in [7, 11) is 0. The number of aliphatic hydroxyl groups is 1. The van der Waals surface area contributed by atoms with Gasteiger partial charge in [0.1, 0.15) is 17.1 Å². The van der Waals surface area contributed by atoms with Crippen LogP contribution in [-0.4, -0.2) is 15.1 Å². The molecule has 1 aromatic heterocycles. The normalized spacial score (nSPS) is 11.9. The van der Waals surface area contributed by atoms with Gasteiger partial charge in [-0.2, -0.15) is 0 Å². The Kier molecular flexibility index (Phi) is 2.08. The zero-order valence-electron chi connectivity index (χ0n) is 8.73. The standard InChI is InChI=1S/C11H13N3O/c1-11(2,15)9-10(12)14-8-6-4-3-5-7(8)13-9/h3-6,15H,1-2H3,(H2,12,14). The lowest BCUT2D eigenvalue weighted by atomic mass is 10.1. The van der Waals surface area contributed by atoms with Crippen LogP contribution in [0.1, 0.15) is 19.5 Å². The van der Waals surface area contributed by atoms with E-state index in [-0.39, 0.29) is 5.82 Å². The number of aromatic nitrogens is 2. The Morgan fingerprint density at radius 2 is 1.67 bits per heavy atom. The molecule has 0 amide bonds. The Balaban J connectivity index is 2.73. The molecule has 0 saturated heterocycles. The maximum absolute atomic E-state index is 9.85. The monoisotopic (exact) mass is 203 g/mol. The summed E-state index contributed by atoms with van der Waals surface area (Å²) in [5, 5.41) is 9.85. The summed E-state index contributed by atoms with van der Waals surface area (Å²) < 4.78 is 0. The Bertz CT molecular complexity index is 503. The minimum Gasteiger partial charge on any atom is -0.384 e. The van der Waals surface area contributed by atoms with Crippen LogP contribution in [0.15, 0.2) is 24.3 Å². The van der Waals surface area contributed by atoms with E-state index in [1.807, 2.05) is 24.3 Å². The molecule has 0 aliphatic carbocycles. The number of nitrogens with two attached hydrogens (primary N) is 1. The third-order valence-corrected chi connectivity index (χ3v) is 2.18. The SMILES string of the molecule is CC(C)(O)c1nc2ccccc2nc1N. The van der Waals surface area contributed by atoms with E-state index in [4.69, 9.17) is 5.73 Å². The number of para-hydroxylation sites is 2. The van der Waals surface area contributed by atoms with Crippen LogP contribution in [-0.2, 0) is 5.60 Å². The van der Waals surface area contributed by atoms with Gasteiger partial charge in [-0.25, -0.2) is 9.97 Å². The van der Waals surface area contributed by atoms with Gasteiger partial charge < -0.3 is 10.8 Å². The van der Waals surface area contributed by atoms with Crippen LogP contribution in [0, 0.1) is 0 Å². The molecule has 1 aromatic carbocycles. The van der Waals surface area contributed by atoms with Crippen molar-refractivity contribution in [2.24, 2.45) is 0 Å². The van der Waals surface area contributed by atoms with Crippen LogP contribution in [0.5, 0.6) is 0 Å². The van der Waals surface area contributed by atoms with Gasteiger partial charge in [0.25, 0.3) is 0 Å². The smallest absolute Gasteiger partial charge is 0.148 e. The molecule has 0 spiro atoms. The molecule has 0 unspecified atom stereocenters. The van der Waals surface area contributed by atoms with Crippen LogP contribution in [0.4, 0.5) is 5.82 Å². The van der Waals surface area contributed by atoms with Gasteiger partial charge in [0, 0.05) is 0 Å². The number of hydrogen-bond acceptors (Lipinski definition) is 4. The first-order valence-electron chi connectivity index (χ1n) is 4.73. The Morgan fingerprint density at radius 1 is 1.13 bits per heavy atom. The lowest BCUT2D eigenvalue weighted by Gasteiger charge is -2.18. The zero-order valence-corrected chi connectivity index (χ0v) is 8.73. The fourth-order valence-corrected chi connectivity index (χ4v) is 1.46. The van der Waals surface area contributed by atoms with Crippen LogP contribution in [0.2, 0.25) is 0 Å². The van der Waals surface area contributed by atoms with Gasteiger partial charge in [-0.1, -0.05) is 12.1 Å². The predicted molar refractivity (Wildman–Crippen MR) is 59.2 cm³/mol. The maximum Gasteiger partial charge on any atom is 0.148 e. The molecule has 0 bridgehead atoms. The number of anilines is 1. The Morgan fingerprint density at radius 3 is 2.20 bits per heavy atom. The molecule has 3 N–H and O–H groups in total. The second-order valence-electron chi connectivity index (χ2n) is 4.01. The van der Waals surface area contributed by atoms with Gasteiger partial charge in [-0.3, -0.25) is 0 Å². The van der Waals surface area contributed by atoms with E-state index >= 15 is 0 Å². The third kappa shape index (κ3) is 1.76. The summed E-state index contributed by atoms with van der Waals surface area (Å²) in [5.41, 5.74) is 6.57. The second kappa shape index (κ2) is 3.17. The molecule has 0 aliphatic heterocycles. The highest BCUT2D eigenvalue weighted by molar-refractivity contribution is 5.76. The highest BCUT2D eigenvalue weighted by Gasteiger charge is 2.22. The van der Waals surface area contributed by atoms with Gasteiger partial charge in [-0.15, -0.1) is 0 Å². The highest BCUT2D eigenvalue weighted by atomic mass is 16.3. The largest absolute Gasteiger partial charge is 0.384 e. The first kappa shape index (κ1) is 9.86. The van der Waals surface area contributed by atoms with Crippen LogP contribution in [0.25, 0.3) is 11.0 Å². The van der Waals surface area contributed by atoms with E-state index in [1.165, 1.54) is 0 Å². The van der Waals surface area contributed by atoms with Crippen molar-refractivity contribution in [2.75, 3.05) is 5.73 Å². The van der Waals surface area contributed by atoms with Crippen molar-refractivity contribution in [1.82, 2.24) is 9.97 Å². The van der Waals surface area contributed by atoms with E-state index in [2.05, 4.69) is 9.97 Å². The molecule has 0 radical (unpaired) electrons. The fraction of sp³-hybridized carbons (Fsp3) is 0.273. The quantitative estimate of drug-likeness (QED) is 0.735. The zero-order chi connectivity index (χ0) is 11.1. The van der Waals surface area contributed by atoms with Crippen LogP contribution >= 0.6 is 0 Å². The summed E-state index contributed by atoms with van der Waals surface area (Å²) in [5.74, 6) is 0.279. The van der Waals surface area contributed by atoms with Gasteiger partial charge in [0.2, 0.25) is 0 Å². The average molecular weight is 203 g/mol. The van der Waals surface area contributed by atoms with Crippen LogP contribution in [0.3, 0.4) is 0 Å². The molecule has 0 aliphatic rings. The molecule has 4 nitrogen and oxygen atoms in total. The molecule has 0 atom stereocenters. The van der Waals surface area contributed by atoms with Crippen molar-refractivity contribution in [3.05, 3.63) is 30.0 Å². The number of hydrogen-bond donors (Lipinski definition) is 2. The lowest BCUT2D eigenvalue weighted by Crippen LogP contribution is -2.20. The fourth-order valence-electron chi connectivity index (χ4n) is 1.46. The van der Waals surface area contributed by atoms with Gasteiger partial charge >= 0.3 is 0 Å². The molecular weight excluding hydrogens is 190 g/mol. The van der Waals surface area contributed by atoms with Crippen molar-refractivity contribution >= 4 is 16.9 Å². The first-order valence-corrected chi connectivity index (χ1v) is 4.73. The van der Waals surface area contributed by atoms with Gasteiger partial charge in [0.15, 0.2) is 0 Å². The second-order valence-corrected chi connectivity index (χ2v) is 4.01. The lowest BCUT2D eigenvalue weighted by molar-refractivity contribution is 0.0748. The molecule has 2 rings (SSSR count). The van der Waals surface area contributed by atoms with Crippen LogP contribution < -0.4 is 5.73 Å². The minimum absolute atomic E-state index is 0.279. The van der Waals surface area contributed by atoms with Crippen molar-refractivity contribution < 1.29 is 5.11 Å². The van der Waals surface area contributed by atoms with Crippen molar-refractivity contribution in [2.45, 2.75) is 19.4 Å². The van der Waals surface area contributed by atoms with E-state index in [9.17, 15) is 5.11 Å². The molecule has 1 heterocycles. The number of fused-ring (bicyclic) bond motifs is 1. The summed E-state index contributed by atoms with van der Waals surface area (Å²) >= 11 is 0. The summed E-state index contributed by atoms with van der Waals surface area (Å²) in [6.45, 7) is 3.28. The topological polar surface area (TPSA) is 72.0 Å². The molecule has 15 heavy (non-hydrogen) atoms. The summed E-state index contributed by atoms with van der Waals surface area (Å²) in [6, 6.07) is 7.44. The number of nitrogen functional groups attached to an aromatic ring is 1. The van der Waals surface area contributed by atoms with E-state index in [1.54, 1.807) is 13.8 Å². The molecule has 2 aromatic rings. The number of benzene rings is 1. The molecule has 78 valence electrons. The average Bonchev–Trinajstić information content (AvgIpc) is 2.15. The van der Waals surface area contributed by atoms with Crippen molar-refractivity contribution in [1.29, 1.82) is 0 Å². The van der Waals surface area contributed by atoms with Gasteiger partial charge in [-0.05, 0) is 26.0 Å². The van der Waals surface area contributed by atoms with Crippen molar-refractivity contribution in [3.63, 3.8) is 0 Å². The molecule has 4 heteroatoms. The third-order valence-electron chi connectivity index (χ3n) is 2.18. The van der Waals surface area contributed by atoms with Crippen molar-refractivity contribution in [3.8, 4) is 0 Å². The van der Waals surface area contributed by atoms with E-state index < -0.39 is 5.60 Å². The first-order chi connectivity index (χ1) is 6.98. The Labute approximate surface area is 87.8 Å². The predicted octanol–water partition coefficient (Wildman–Crippen LogP) is 1.44. The summed E-state index contributed by atoms with van der Waals surface area (Å²) in [4.78, 5) is 8.51. The number of nitrogens with zero attached hydrogens (tertiary/aromatic N) is 2. The molecule has 0 fully saturated rings. The maximum atomic E-state index is 9.85. The van der Waals surface area contributed by atoms with Gasteiger partial charge in [0.05, 0.1) is 11.0 Å². The molecular formula is C11H13N3O. The van der Waals surface area contributed by atoms with E-state index in [0.717, 1.165) is 11.0 Å². The van der Waals surface area contributed by atoms with E-state index in [0.29, 0.717) is 5.69 Å². The Hall–Kier alpha value is -1.68. The minimum atomic E-state index is -1.07. The number of rotatable bonds is 1. The molecule has 0 saturated carbocycles. The highest BCUT2D eigenvalue weighted by Crippen LogP contribution is 2.24.